The number of carbonyl (C=O) groups is 1. The first kappa shape index (κ1) is 18.3. The number of amides is 1. The van der Waals surface area contributed by atoms with E-state index in [-0.39, 0.29) is 11.9 Å². The molecule has 2 aromatic carbocycles. The second-order valence-corrected chi connectivity index (χ2v) is 6.47. The van der Waals surface area contributed by atoms with Crippen LogP contribution in [0, 0.1) is 0 Å². The molecule has 5 nitrogen and oxygen atoms in total. The highest BCUT2D eigenvalue weighted by Crippen LogP contribution is 2.27. The van der Waals surface area contributed by atoms with E-state index < -0.39 is 0 Å². The van der Waals surface area contributed by atoms with Crippen molar-refractivity contribution in [2.75, 3.05) is 33.9 Å². The lowest BCUT2D eigenvalue weighted by Crippen LogP contribution is -2.36. The molecule has 26 heavy (non-hydrogen) atoms. The van der Waals surface area contributed by atoms with Gasteiger partial charge in [-0.1, -0.05) is 12.1 Å². The Bertz CT molecular complexity index is 724. The van der Waals surface area contributed by atoms with Crippen LogP contribution in [0.5, 0.6) is 11.5 Å². The number of carbonyl (C=O) groups excluding carboxylic acids is 1. The second-order valence-electron chi connectivity index (χ2n) is 6.47. The van der Waals surface area contributed by atoms with Crippen LogP contribution < -0.4 is 14.8 Å². The summed E-state index contributed by atoms with van der Waals surface area (Å²) in [5.74, 6) is 1.51. The molecular weight excluding hydrogens is 328 g/mol. The van der Waals surface area contributed by atoms with Crippen LogP contribution in [0.3, 0.4) is 0 Å². The molecule has 1 fully saturated rings. The van der Waals surface area contributed by atoms with Gasteiger partial charge in [0.2, 0.25) is 0 Å². The Morgan fingerprint density at radius 3 is 2.38 bits per heavy atom. The summed E-state index contributed by atoms with van der Waals surface area (Å²) in [4.78, 5) is 15.0. The number of nitrogens with one attached hydrogen (secondary N) is 1. The number of benzene rings is 2. The van der Waals surface area contributed by atoms with Gasteiger partial charge in [0.1, 0.15) is 11.5 Å². The van der Waals surface area contributed by atoms with Gasteiger partial charge in [-0.15, -0.1) is 0 Å². The van der Waals surface area contributed by atoms with Gasteiger partial charge in [-0.05, 0) is 67.9 Å². The maximum absolute atomic E-state index is 12.5. The van der Waals surface area contributed by atoms with E-state index in [0.29, 0.717) is 12.1 Å². The molecular formula is C21H26N2O3. The average molecular weight is 354 g/mol. The van der Waals surface area contributed by atoms with Gasteiger partial charge in [-0.25, -0.2) is 0 Å². The number of rotatable bonds is 7. The molecule has 0 aliphatic carbocycles. The first-order valence-electron chi connectivity index (χ1n) is 9.01. The molecule has 5 heteroatoms. The van der Waals surface area contributed by atoms with Crippen molar-refractivity contribution in [3.8, 4) is 11.5 Å². The Labute approximate surface area is 154 Å². The standard InChI is InChI=1S/C21H26N2O3/c1-25-18-10-8-16(9-11-18)21(24)22-15-20(23-12-3-4-13-23)17-6-5-7-19(14-17)26-2/h5-11,14,20H,3-4,12-13,15H2,1-2H3,(H,22,24). The topological polar surface area (TPSA) is 50.8 Å². The summed E-state index contributed by atoms with van der Waals surface area (Å²) in [6.45, 7) is 2.68. The fourth-order valence-electron chi connectivity index (χ4n) is 3.39. The van der Waals surface area contributed by atoms with Crippen LogP contribution in [0.4, 0.5) is 0 Å². The maximum Gasteiger partial charge on any atom is 0.251 e. The smallest absolute Gasteiger partial charge is 0.251 e. The first-order valence-corrected chi connectivity index (χ1v) is 9.01. The van der Waals surface area contributed by atoms with E-state index in [0.717, 1.165) is 24.6 Å². The molecule has 138 valence electrons. The molecule has 1 aliphatic heterocycles. The Morgan fingerprint density at radius 2 is 1.73 bits per heavy atom. The number of ether oxygens (including phenoxy) is 2. The van der Waals surface area contributed by atoms with E-state index in [2.05, 4.69) is 22.3 Å². The van der Waals surface area contributed by atoms with E-state index in [1.54, 1.807) is 38.5 Å². The van der Waals surface area contributed by atoms with Crippen molar-refractivity contribution in [2.24, 2.45) is 0 Å². The Morgan fingerprint density at radius 1 is 1.04 bits per heavy atom. The van der Waals surface area contributed by atoms with Crippen LogP contribution in [-0.4, -0.2) is 44.7 Å². The van der Waals surface area contributed by atoms with Crippen molar-refractivity contribution in [2.45, 2.75) is 18.9 Å². The zero-order valence-electron chi connectivity index (χ0n) is 15.4. The molecule has 1 amide bonds. The lowest BCUT2D eigenvalue weighted by Gasteiger charge is -2.28. The first-order chi connectivity index (χ1) is 12.7. The Hall–Kier alpha value is -2.53. The van der Waals surface area contributed by atoms with Gasteiger partial charge in [-0.3, -0.25) is 9.69 Å². The maximum atomic E-state index is 12.5. The normalized spacial score (nSPS) is 15.5. The van der Waals surface area contributed by atoms with Crippen LogP contribution in [0.25, 0.3) is 0 Å². The number of hydrogen-bond donors (Lipinski definition) is 1. The number of nitrogens with zero attached hydrogens (tertiary/aromatic N) is 1. The highest BCUT2D eigenvalue weighted by atomic mass is 16.5. The van der Waals surface area contributed by atoms with Crippen molar-refractivity contribution < 1.29 is 14.3 Å². The molecule has 1 atom stereocenters. The third-order valence-corrected chi connectivity index (χ3v) is 4.87. The molecule has 1 aliphatic rings. The molecule has 3 rings (SSSR count). The van der Waals surface area contributed by atoms with Crippen LogP contribution >= 0.6 is 0 Å². The van der Waals surface area contributed by atoms with Crippen LogP contribution in [0.2, 0.25) is 0 Å². The van der Waals surface area contributed by atoms with Gasteiger partial charge in [-0.2, -0.15) is 0 Å². The lowest BCUT2D eigenvalue weighted by atomic mass is 10.0. The predicted octanol–water partition coefficient (Wildman–Crippen LogP) is 3.27. The van der Waals surface area contributed by atoms with Gasteiger partial charge in [0.25, 0.3) is 5.91 Å². The summed E-state index contributed by atoms with van der Waals surface area (Å²) < 4.78 is 10.5. The van der Waals surface area contributed by atoms with Crippen molar-refractivity contribution >= 4 is 5.91 Å². The molecule has 2 aromatic rings. The van der Waals surface area contributed by atoms with E-state index in [1.165, 1.54) is 18.4 Å². The Balaban J connectivity index is 1.71. The molecule has 1 saturated heterocycles. The number of hydrogen-bond acceptors (Lipinski definition) is 4. The molecule has 1 N–H and O–H groups in total. The fraction of sp³-hybridized carbons (Fsp3) is 0.381. The minimum absolute atomic E-state index is 0.0697. The molecule has 0 radical (unpaired) electrons. The molecule has 0 spiro atoms. The summed E-state index contributed by atoms with van der Waals surface area (Å²) in [6.07, 6.45) is 2.40. The second kappa shape index (κ2) is 8.72. The van der Waals surface area contributed by atoms with Crippen molar-refractivity contribution in [3.63, 3.8) is 0 Å². The zero-order chi connectivity index (χ0) is 18.4. The highest BCUT2D eigenvalue weighted by Gasteiger charge is 2.24. The zero-order valence-corrected chi connectivity index (χ0v) is 15.4. The summed E-state index contributed by atoms with van der Waals surface area (Å²) in [6, 6.07) is 15.4. The molecule has 1 unspecified atom stereocenters. The largest absolute Gasteiger partial charge is 0.497 e. The van der Waals surface area contributed by atoms with Gasteiger partial charge in [0.05, 0.1) is 20.3 Å². The lowest BCUT2D eigenvalue weighted by molar-refractivity contribution is 0.0938. The third kappa shape index (κ3) is 4.35. The van der Waals surface area contributed by atoms with Gasteiger partial charge >= 0.3 is 0 Å². The average Bonchev–Trinajstić information content (AvgIpc) is 3.22. The van der Waals surface area contributed by atoms with E-state index in [9.17, 15) is 4.79 Å². The summed E-state index contributed by atoms with van der Waals surface area (Å²) in [5.41, 5.74) is 1.80. The summed E-state index contributed by atoms with van der Waals surface area (Å²) in [5, 5.41) is 3.09. The third-order valence-electron chi connectivity index (χ3n) is 4.87. The van der Waals surface area contributed by atoms with Crippen LogP contribution in [0.15, 0.2) is 48.5 Å². The minimum atomic E-state index is -0.0697. The van der Waals surface area contributed by atoms with Crippen molar-refractivity contribution in [1.82, 2.24) is 10.2 Å². The Kier molecular flexibility index (Phi) is 6.12. The monoisotopic (exact) mass is 354 g/mol. The summed E-state index contributed by atoms with van der Waals surface area (Å²) in [7, 11) is 3.29. The van der Waals surface area contributed by atoms with E-state index >= 15 is 0 Å². The number of methoxy groups -OCH3 is 2. The van der Waals surface area contributed by atoms with Crippen LogP contribution in [0.1, 0.15) is 34.8 Å². The molecule has 0 saturated carbocycles. The van der Waals surface area contributed by atoms with Crippen molar-refractivity contribution in [1.29, 1.82) is 0 Å². The summed E-state index contributed by atoms with van der Waals surface area (Å²) >= 11 is 0. The molecule has 0 bridgehead atoms. The van der Waals surface area contributed by atoms with Gasteiger partial charge in [0, 0.05) is 12.1 Å². The molecule has 0 aromatic heterocycles. The van der Waals surface area contributed by atoms with Gasteiger partial charge < -0.3 is 14.8 Å². The number of likely N-dealkylation sites (tertiary alicyclic amines) is 1. The van der Waals surface area contributed by atoms with E-state index in [1.807, 2.05) is 12.1 Å². The van der Waals surface area contributed by atoms with Crippen LogP contribution in [-0.2, 0) is 0 Å². The quantitative estimate of drug-likeness (QED) is 0.829. The molecule has 1 heterocycles. The predicted molar refractivity (Wildman–Crippen MR) is 102 cm³/mol. The van der Waals surface area contributed by atoms with Crippen molar-refractivity contribution in [3.05, 3.63) is 59.7 Å². The highest BCUT2D eigenvalue weighted by molar-refractivity contribution is 5.94. The van der Waals surface area contributed by atoms with E-state index in [4.69, 9.17) is 9.47 Å². The van der Waals surface area contributed by atoms with Gasteiger partial charge in [0.15, 0.2) is 0 Å². The minimum Gasteiger partial charge on any atom is -0.497 e. The SMILES string of the molecule is COc1ccc(C(=O)NCC(c2cccc(OC)c2)N2CCCC2)cc1. The fourth-order valence-corrected chi connectivity index (χ4v) is 3.39.